The van der Waals surface area contributed by atoms with Gasteiger partial charge in [-0.15, -0.1) is 5.10 Å². The fourth-order valence-electron chi connectivity index (χ4n) is 4.18. The van der Waals surface area contributed by atoms with Crippen LogP contribution < -0.4 is 20.7 Å². The number of nitrogens with zero attached hydrogens (tertiary/aromatic N) is 4. The highest BCUT2D eigenvalue weighted by atomic mass is 19.4. The first kappa shape index (κ1) is 31.2. The molecule has 0 saturated heterocycles. The SMILES string of the molecule is COc1c(CNC(C)(C)C)cc(C(F)(F)F)cc1NC(=O)c1ccc(C)c(-n2cc(-c3ccc(NC(C)=O)nc3)nn2)c1. The molecule has 226 valence electrons. The van der Waals surface area contributed by atoms with E-state index < -0.39 is 17.6 Å². The molecule has 43 heavy (non-hydrogen) atoms. The van der Waals surface area contributed by atoms with Gasteiger partial charge in [0.05, 0.1) is 30.2 Å². The van der Waals surface area contributed by atoms with E-state index in [-0.39, 0.29) is 40.6 Å². The molecule has 0 spiro atoms. The second kappa shape index (κ2) is 12.2. The molecule has 0 radical (unpaired) electrons. The molecule has 0 aliphatic carbocycles. The van der Waals surface area contributed by atoms with Crippen molar-refractivity contribution in [2.24, 2.45) is 0 Å². The lowest BCUT2D eigenvalue weighted by Gasteiger charge is -2.23. The summed E-state index contributed by atoms with van der Waals surface area (Å²) in [5.74, 6) is -0.348. The molecule has 3 N–H and O–H groups in total. The van der Waals surface area contributed by atoms with Crippen LogP contribution >= 0.6 is 0 Å². The Kier molecular flexibility index (Phi) is 8.85. The molecular formula is C30H32F3N7O3. The summed E-state index contributed by atoms with van der Waals surface area (Å²) in [5, 5.41) is 16.7. The van der Waals surface area contributed by atoms with E-state index in [1.807, 2.05) is 27.7 Å². The largest absolute Gasteiger partial charge is 0.494 e. The van der Waals surface area contributed by atoms with Gasteiger partial charge in [-0.1, -0.05) is 11.3 Å². The average molecular weight is 596 g/mol. The second-order valence-corrected chi connectivity index (χ2v) is 10.9. The summed E-state index contributed by atoms with van der Waals surface area (Å²) in [6.07, 6.45) is -1.43. The first-order valence-electron chi connectivity index (χ1n) is 13.3. The van der Waals surface area contributed by atoms with E-state index in [1.54, 1.807) is 42.7 Å². The minimum Gasteiger partial charge on any atom is -0.494 e. The van der Waals surface area contributed by atoms with E-state index in [4.69, 9.17) is 4.74 Å². The summed E-state index contributed by atoms with van der Waals surface area (Å²) < 4.78 is 48.3. The molecule has 4 rings (SSSR count). The molecule has 0 fully saturated rings. The number of ether oxygens (including phenoxy) is 1. The Labute approximate surface area is 246 Å². The molecule has 2 amide bonds. The number of amides is 2. The van der Waals surface area contributed by atoms with Gasteiger partial charge in [-0.05, 0) is 69.7 Å². The van der Waals surface area contributed by atoms with Crippen LogP contribution in [0, 0.1) is 6.92 Å². The van der Waals surface area contributed by atoms with Crippen molar-refractivity contribution in [1.82, 2.24) is 25.3 Å². The van der Waals surface area contributed by atoms with Crippen molar-refractivity contribution in [3.05, 3.63) is 77.1 Å². The van der Waals surface area contributed by atoms with Gasteiger partial charge < -0.3 is 20.7 Å². The highest BCUT2D eigenvalue weighted by molar-refractivity contribution is 6.05. The first-order chi connectivity index (χ1) is 20.1. The Bertz CT molecular complexity index is 1640. The number of rotatable bonds is 8. The van der Waals surface area contributed by atoms with Crippen LogP contribution in [-0.4, -0.2) is 44.4 Å². The smallest absolute Gasteiger partial charge is 0.416 e. The van der Waals surface area contributed by atoms with E-state index in [9.17, 15) is 22.8 Å². The average Bonchev–Trinajstić information content (AvgIpc) is 3.41. The third-order valence-corrected chi connectivity index (χ3v) is 6.33. The number of benzene rings is 2. The summed E-state index contributed by atoms with van der Waals surface area (Å²) in [6, 6.07) is 10.1. The summed E-state index contributed by atoms with van der Waals surface area (Å²) >= 11 is 0. The van der Waals surface area contributed by atoms with Crippen molar-refractivity contribution in [1.29, 1.82) is 0 Å². The Hall–Kier alpha value is -4.78. The summed E-state index contributed by atoms with van der Waals surface area (Å²) in [5.41, 5.74) is 1.53. The lowest BCUT2D eigenvalue weighted by atomic mass is 10.0. The third kappa shape index (κ3) is 7.74. The molecule has 0 aliphatic heterocycles. The third-order valence-electron chi connectivity index (χ3n) is 6.33. The predicted molar refractivity (Wildman–Crippen MR) is 156 cm³/mol. The number of alkyl halides is 3. The first-order valence-corrected chi connectivity index (χ1v) is 13.3. The standard InChI is InChI=1S/C30H32F3N7O3/c1-17-7-8-19(12-25(17)40-16-24(38-39-40)20-9-10-26(34-14-20)36-18(2)41)28(42)37-23-13-22(30(31,32)33)11-21(27(23)43-6)15-35-29(3,4)5/h7-14,16,35H,15H2,1-6H3,(H,37,42)(H,34,36,41). The molecule has 13 heteroatoms. The van der Waals surface area contributed by atoms with Crippen molar-refractivity contribution >= 4 is 23.3 Å². The molecule has 0 aliphatic rings. The molecule has 0 atom stereocenters. The maximum absolute atomic E-state index is 13.8. The fraction of sp³-hybridized carbons (Fsp3) is 0.300. The fourth-order valence-corrected chi connectivity index (χ4v) is 4.18. The van der Waals surface area contributed by atoms with Crippen LogP contribution in [0.15, 0.2) is 54.9 Å². The highest BCUT2D eigenvalue weighted by Crippen LogP contribution is 2.38. The van der Waals surface area contributed by atoms with E-state index in [0.29, 0.717) is 22.8 Å². The monoisotopic (exact) mass is 595 g/mol. The van der Waals surface area contributed by atoms with Crippen LogP contribution in [0.5, 0.6) is 5.75 Å². The zero-order chi connectivity index (χ0) is 31.5. The van der Waals surface area contributed by atoms with E-state index in [1.165, 1.54) is 18.7 Å². The van der Waals surface area contributed by atoms with Gasteiger partial charge in [0.1, 0.15) is 17.3 Å². The van der Waals surface area contributed by atoms with Gasteiger partial charge in [0.15, 0.2) is 0 Å². The Balaban J connectivity index is 1.63. The molecule has 0 unspecified atom stereocenters. The quantitative estimate of drug-likeness (QED) is 0.237. The minimum absolute atomic E-state index is 0.0915. The molecule has 2 heterocycles. The normalized spacial score (nSPS) is 11.7. The van der Waals surface area contributed by atoms with E-state index in [0.717, 1.165) is 17.7 Å². The number of hydrogen-bond acceptors (Lipinski definition) is 7. The number of pyridine rings is 1. The number of carbonyl (C=O) groups excluding carboxylic acids is 2. The van der Waals surface area contributed by atoms with Crippen molar-refractivity contribution < 1.29 is 27.5 Å². The maximum Gasteiger partial charge on any atom is 0.416 e. The summed E-state index contributed by atoms with van der Waals surface area (Å²) in [6.45, 7) is 8.98. The Morgan fingerprint density at radius 1 is 1.02 bits per heavy atom. The van der Waals surface area contributed by atoms with Crippen LogP contribution in [0.3, 0.4) is 0 Å². The second-order valence-electron chi connectivity index (χ2n) is 10.9. The number of carbonyl (C=O) groups is 2. The van der Waals surface area contributed by atoms with Gasteiger partial charge in [-0.2, -0.15) is 13.2 Å². The predicted octanol–water partition coefficient (Wildman–Crippen LogP) is 5.76. The van der Waals surface area contributed by atoms with Crippen LogP contribution in [0.1, 0.15) is 54.7 Å². The van der Waals surface area contributed by atoms with Gasteiger partial charge in [-0.25, -0.2) is 9.67 Å². The molecule has 2 aromatic carbocycles. The molecule has 0 saturated carbocycles. The van der Waals surface area contributed by atoms with E-state index >= 15 is 0 Å². The zero-order valence-electron chi connectivity index (χ0n) is 24.6. The summed E-state index contributed by atoms with van der Waals surface area (Å²) in [4.78, 5) is 28.8. The Morgan fingerprint density at radius 3 is 2.37 bits per heavy atom. The van der Waals surface area contributed by atoms with Crippen molar-refractivity contribution in [2.75, 3.05) is 17.7 Å². The number of hydrogen-bond donors (Lipinski definition) is 3. The van der Waals surface area contributed by atoms with Crippen LogP contribution in [0.2, 0.25) is 0 Å². The number of methoxy groups -OCH3 is 1. The van der Waals surface area contributed by atoms with Gasteiger partial charge in [0, 0.05) is 41.9 Å². The number of nitrogens with one attached hydrogen (secondary N) is 3. The van der Waals surface area contributed by atoms with Crippen molar-refractivity contribution in [3.63, 3.8) is 0 Å². The van der Waals surface area contributed by atoms with Gasteiger partial charge in [0.25, 0.3) is 5.91 Å². The maximum atomic E-state index is 13.8. The Morgan fingerprint density at radius 2 is 1.77 bits per heavy atom. The minimum atomic E-state index is -4.64. The number of aromatic nitrogens is 4. The summed E-state index contributed by atoms with van der Waals surface area (Å²) in [7, 11) is 1.34. The molecule has 10 nitrogen and oxygen atoms in total. The van der Waals surface area contributed by atoms with Gasteiger partial charge in [0.2, 0.25) is 5.91 Å². The zero-order valence-corrected chi connectivity index (χ0v) is 24.6. The number of aryl methyl sites for hydroxylation is 1. The molecular weight excluding hydrogens is 563 g/mol. The molecule has 0 bridgehead atoms. The molecule has 2 aromatic heterocycles. The van der Waals surface area contributed by atoms with Crippen molar-refractivity contribution in [3.8, 4) is 22.7 Å². The van der Waals surface area contributed by atoms with Crippen LogP contribution in [-0.2, 0) is 17.5 Å². The highest BCUT2D eigenvalue weighted by Gasteiger charge is 2.33. The number of anilines is 2. The van der Waals surface area contributed by atoms with Crippen LogP contribution in [0.25, 0.3) is 16.9 Å². The van der Waals surface area contributed by atoms with Gasteiger partial charge >= 0.3 is 6.18 Å². The molecule has 4 aromatic rings. The lowest BCUT2D eigenvalue weighted by Crippen LogP contribution is -2.35. The lowest BCUT2D eigenvalue weighted by molar-refractivity contribution is -0.137. The van der Waals surface area contributed by atoms with Crippen LogP contribution in [0.4, 0.5) is 24.7 Å². The van der Waals surface area contributed by atoms with E-state index in [2.05, 4.69) is 31.2 Å². The van der Waals surface area contributed by atoms with Crippen molar-refractivity contribution in [2.45, 2.75) is 52.9 Å². The number of halogens is 3. The topological polar surface area (TPSA) is 123 Å². The van der Waals surface area contributed by atoms with Gasteiger partial charge in [-0.3, -0.25) is 9.59 Å².